The number of hydrogen-bond donors (Lipinski definition) is 0. The summed E-state index contributed by atoms with van der Waals surface area (Å²) < 4.78 is 5.94. The highest BCUT2D eigenvalue weighted by Gasteiger charge is 2.22. The fourth-order valence-electron chi connectivity index (χ4n) is 2.87. The van der Waals surface area contributed by atoms with Crippen LogP contribution in [0.1, 0.15) is 21.7 Å². The van der Waals surface area contributed by atoms with Crippen molar-refractivity contribution >= 4 is 51.7 Å². The molecule has 0 aliphatic carbocycles. The number of halogens is 2. The predicted molar refractivity (Wildman–Crippen MR) is 112 cm³/mol. The second-order valence-electron chi connectivity index (χ2n) is 5.96. The van der Waals surface area contributed by atoms with E-state index < -0.39 is 0 Å². The van der Waals surface area contributed by atoms with Crippen LogP contribution in [0.3, 0.4) is 0 Å². The topological polar surface area (TPSA) is 30.2 Å². The van der Waals surface area contributed by atoms with Gasteiger partial charge in [-0.3, -0.25) is 4.79 Å². The number of carbonyl (C=O) groups is 1. The Labute approximate surface area is 171 Å². The number of hydrogen-bond acceptors (Lipinski definition) is 3. The van der Waals surface area contributed by atoms with E-state index in [1.807, 2.05) is 48.5 Å². The lowest BCUT2D eigenvalue weighted by Crippen LogP contribution is -2.02. The van der Waals surface area contributed by atoms with Crippen LogP contribution in [0.5, 0.6) is 0 Å². The molecule has 134 valence electrons. The first-order chi connectivity index (χ1) is 13.1. The van der Waals surface area contributed by atoms with Gasteiger partial charge in [0, 0.05) is 32.2 Å². The molecule has 0 saturated heterocycles. The lowest BCUT2D eigenvalue weighted by atomic mass is 10.0. The van der Waals surface area contributed by atoms with Gasteiger partial charge in [0.15, 0.2) is 5.76 Å². The third-order valence-corrected chi connectivity index (χ3v) is 6.01. The minimum absolute atomic E-state index is 0.155. The van der Waals surface area contributed by atoms with Crippen molar-refractivity contribution in [2.24, 2.45) is 0 Å². The molecule has 3 aromatic carbocycles. The number of para-hydroxylation sites is 1. The van der Waals surface area contributed by atoms with E-state index in [4.69, 9.17) is 27.6 Å². The second kappa shape index (κ2) is 7.81. The van der Waals surface area contributed by atoms with E-state index in [2.05, 4.69) is 0 Å². The fraction of sp³-hybridized carbons (Fsp3) is 0.0455. The molecule has 27 heavy (non-hydrogen) atoms. The lowest BCUT2D eigenvalue weighted by molar-refractivity contribution is 0.101. The monoisotopic (exact) mass is 412 g/mol. The van der Waals surface area contributed by atoms with E-state index in [0.29, 0.717) is 32.7 Å². The smallest absolute Gasteiger partial charge is 0.228 e. The van der Waals surface area contributed by atoms with Crippen LogP contribution in [0, 0.1) is 0 Å². The minimum Gasteiger partial charge on any atom is -0.452 e. The summed E-state index contributed by atoms with van der Waals surface area (Å²) in [6.45, 7) is 0. The van der Waals surface area contributed by atoms with E-state index in [1.165, 1.54) is 0 Å². The molecule has 0 amide bonds. The Bertz CT molecular complexity index is 1120. The van der Waals surface area contributed by atoms with E-state index in [1.54, 1.807) is 36.0 Å². The van der Waals surface area contributed by atoms with Crippen LogP contribution >= 0.6 is 35.0 Å². The summed E-state index contributed by atoms with van der Waals surface area (Å²) in [6, 6.07) is 22.2. The molecule has 1 aromatic heterocycles. The number of rotatable bonds is 5. The summed E-state index contributed by atoms with van der Waals surface area (Å²) in [6.07, 6.45) is 0. The standard InChI is InChI=1S/C22H14Cl2O2S/c23-15-11-9-14(10-12-15)21(25)22-17(16-5-1-3-7-19(16)26-22)13-27-20-8-4-2-6-18(20)24/h1-12H,13H2. The van der Waals surface area contributed by atoms with Crippen LogP contribution in [0.25, 0.3) is 11.0 Å². The van der Waals surface area contributed by atoms with Crippen molar-refractivity contribution in [3.05, 3.63) is 99.7 Å². The van der Waals surface area contributed by atoms with Gasteiger partial charge in [-0.2, -0.15) is 0 Å². The van der Waals surface area contributed by atoms with Crippen molar-refractivity contribution in [2.75, 3.05) is 0 Å². The van der Waals surface area contributed by atoms with Gasteiger partial charge in [0.25, 0.3) is 0 Å². The van der Waals surface area contributed by atoms with Crippen LogP contribution in [0.2, 0.25) is 10.0 Å². The molecule has 0 bridgehead atoms. The van der Waals surface area contributed by atoms with Gasteiger partial charge in [-0.05, 0) is 42.5 Å². The number of ketones is 1. The van der Waals surface area contributed by atoms with Crippen molar-refractivity contribution in [1.82, 2.24) is 0 Å². The van der Waals surface area contributed by atoms with Gasteiger partial charge in [0.05, 0.1) is 5.02 Å². The van der Waals surface area contributed by atoms with Gasteiger partial charge in [-0.1, -0.05) is 53.5 Å². The molecule has 0 atom stereocenters. The number of fused-ring (bicyclic) bond motifs is 1. The summed E-state index contributed by atoms with van der Waals surface area (Å²) in [5, 5.41) is 2.22. The molecule has 0 aliphatic rings. The molecule has 0 fully saturated rings. The van der Waals surface area contributed by atoms with E-state index in [0.717, 1.165) is 15.8 Å². The third-order valence-electron chi connectivity index (χ3n) is 4.22. The maximum absolute atomic E-state index is 13.1. The van der Waals surface area contributed by atoms with E-state index in [9.17, 15) is 4.79 Å². The molecule has 0 radical (unpaired) electrons. The van der Waals surface area contributed by atoms with Crippen LogP contribution in [0.15, 0.2) is 82.1 Å². The van der Waals surface area contributed by atoms with Gasteiger partial charge in [-0.25, -0.2) is 0 Å². The average Bonchev–Trinajstić information content (AvgIpc) is 3.06. The summed E-state index contributed by atoms with van der Waals surface area (Å²) >= 11 is 13.8. The Kier molecular flexibility index (Phi) is 5.26. The van der Waals surface area contributed by atoms with Gasteiger partial charge in [0.1, 0.15) is 5.58 Å². The summed E-state index contributed by atoms with van der Waals surface area (Å²) in [5.74, 6) is 0.783. The van der Waals surface area contributed by atoms with Crippen molar-refractivity contribution in [1.29, 1.82) is 0 Å². The van der Waals surface area contributed by atoms with Crippen LogP contribution in [-0.2, 0) is 5.75 Å². The molecule has 5 heteroatoms. The predicted octanol–water partition coefficient (Wildman–Crippen LogP) is 7.26. The Morgan fingerprint density at radius 3 is 2.37 bits per heavy atom. The molecule has 4 rings (SSSR count). The van der Waals surface area contributed by atoms with Crippen molar-refractivity contribution in [3.63, 3.8) is 0 Å². The average molecular weight is 413 g/mol. The van der Waals surface area contributed by atoms with Gasteiger partial charge < -0.3 is 4.42 Å². The first-order valence-electron chi connectivity index (χ1n) is 8.31. The zero-order valence-electron chi connectivity index (χ0n) is 14.1. The van der Waals surface area contributed by atoms with Gasteiger partial charge >= 0.3 is 0 Å². The molecule has 2 nitrogen and oxygen atoms in total. The highest BCUT2D eigenvalue weighted by atomic mass is 35.5. The molecule has 4 aromatic rings. The molecular formula is C22H14Cl2O2S. The normalized spacial score (nSPS) is 11.0. The van der Waals surface area contributed by atoms with Crippen molar-refractivity contribution < 1.29 is 9.21 Å². The fourth-order valence-corrected chi connectivity index (χ4v) is 4.26. The number of thioether (sulfide) groups is 1. The molecular weight excluding hydrogens is 399 g/mol. The highest BCUT2D eigenvalue weighted by molar-refractivity contribution is 7.98. The minimum atomic E-state index is -0.155. The van der Waals surface area contributed by atoms with Crippen molar-refractivity contribution in [3.8, 4) is 0 Å². The van der Waals surface area contributed by atoms with Gasteiger partial charge in [0.2, 0.25) is 5.78 Å². The lowest BCUT2D eigenvalue weighted by Gasteiger charge is -2.05. The largest absolute Gasteiger partial charge is 0.452 e. The zero-order chi connectivity index (χ0) is 18.8. The Hall–Kier alpha value is -2.20. The van der Waals surface area contributed by atoms with Crippen LogP contribution in [0.4, 0.5) is 0 Å². The zero-order valence-corrected chi connectivity index (χ0v) is 16.4. The van der Waals surface area contributed by atoms with Crippen LogP contribution < -0.4 is 0 Å². The first-order valence-corrected chi connectivity index (χ1v) is 10.1. The Morgan fingerprint density at radius 2 is 1.59 bits per heavy atom. The quantitative estimate of drug-likeness (QED) is 0.255. The van der Waals surface area contributed by atoms with E-state index in [-0.39, 0.29) is 5.78 Å². The van der Waals surface area contributed by atoms with E-state index >= 15 is 0 Å². The molecule has 1 heterocycles. The summed E-state index contributed by atoms with van der Waals surface area (Å²) in [7, 11) is 0. The molecule has 0 N–H and O–H groups in total. The highest BCUT2D eigenvalue weighted by Crippen LogP contribution is 2.35. The van der Waals surface area contributed by atoms with Gasteiger partial charge in [-0.15, -0.1) is 11.8 Å². The Morgan fingerprint density at radius 1 is 0.889 bits per heavy atom. The molecule has 0 aliphatic heterocycles. The summed E-state index contributed by atoms with van der Waals surface area (Å²) in [5.41, 5.74) is 2.11. The maximum Gasteiger partial charge on any atom is 0.228 e. The number of benzene rings is 3. The first kappa shape index (κ1) is 18.2. The number of furan rings is 1. The second-order valence-corrected chi connectivity index (χ2v) is 7.82. The molecule has 0 spiro atoms. The molecule has 0 unspecified atom stereocenters. The number of carbonyl (C=O) groups excluding carboxylic acids is 1. The van der Waals surface area contributed by atoms with Crippen molar-refractivity contribution in [2.45, 2.75) is 10.6 Å². The van der Waals surface area contributed by atoms with Crippen LogP contribution in [-0.4, -0.2) is 5.78 Å². The maximum atomic E-state index is 13.1. The Balaban J connectivity index is 1.74. The molecule has 0 saturated carbocycles. The third kappa shape index (κ3) is 3.77. The SMILES string of the molecule is O=C(c1ccc(Cl)cc1)c1oc2ccccc2c1CSc1ccccc1Cl. The summed E-state index contributed by atoms with van der Waals surface area (Å²) in [4.78, 5) is 14.0.